The van der Waals surface area contributed by atoms with E-state index in [2.05, 4.69) is 0 Å². The van der Waals surface area contributed by atoms with Crippen LogP contribution in [0.15, 0.2) is 54.6 Å². The molecule has 1 unspecified atom stereocenters. The number of ether oxygens (including phenoxy) is 2. The first-order valence-corrected chi connectivity index (χ1v) is 8.72. The Balaban J connectivity index is 2.32. The van der Waals surface area contributed by atoms with E-state index in [0.717, 1.165) is 5.56 Å². The van der Waals surface area contributed by atoms with Gasteiger partial charge in [-0.2, -0.15) is 0 Å². The zero-order chi connectivity index (χ0) is 19.8. The Hall–Kier alpha value is -3.15. The van der Waals surface area contributed by atoms with Gasteiger partial charge in [-0.15, -0.1) is 0 Å². The Labute approximate surface area is 158 Å². The van der Waals surface area contributed by atoms with Crippen molar-refractivity contribution in [3.63, 3.8) is 0 Å². The highest BCUT2D eigenvalue weighted by molar-refractivity contribution is 5.97. The second-order valence-electron chi connectivity index (χ2n) is 5.97. The molecule has 0 N–H and O–H groups in total. The molecular formula is C21H23NO5. The van der Waals surface area contributed by atoms with Crippen LogP contribution in [-0.2, 0) is 20.9 Å². The predicted molar refractivity (Wildman–Crippen MR) is 100 cm³/mol. The van der Waals surface area contributed by atoms with Crippen LogP contribution >= 0.6 is 0 Å². The summed E-state index contributed by atoms with van der Waals surface area (Å²) < 4.78 is 10.1. The number of benzene rings is 2. The highest BCUT2D eigenvalue weighted by Crippen LogP contribution is 2.19. The number of rotatable bonds is 7. The first-order chi connectivity index (χ1) is 12.9. The van der Waals surface area contributed by atoms with Crippen molar-refractivity contribution in [1.82, 2.24) is 4.90 Å². The standard InChI is InChI=1S/C21H23NO5/c1-4-26-21(25)15(2)22(14-17-9-6-5-7-10-17)20(24)18-11-8-12-19(13-18)27-16(3)23/h5-13,15H,4,14H2,1-3H3. The van der Waals surface area contributed by atoms with Crippen molar-refractivity contribution >= 4 is 17.8 Å². The Morgan fingerprint density at radius 3 is 2.37 bits per heavy atom. The molecule has 0 spiro atoms. The number of carbonyl (C=O) groups excluding carboxylic acids is 3. The predicted octanol–water partition coefficient (Wildman–Crippen LogP) is 3.21. The maximum atomic E-state index is 13.1. The number of carbonyl (C=O) groups is 3. The molecule has 1 amide bonds. The van der Waals surface area contributed by atoms with E-state index in [1.807, 2.05) is 30.3 Å². The molecule has 2 aromatic rings. The Kier molecular flexibility index (Phi) is 7.11. The molecule has 0 aliphatic carbocycles. The van der Waals surface area contributed by atoms with Crippen LogP contribution in [-0.4, -0.2) is 35.4 Å². The molecule has 0 saturated heterocycles. The van der Waals surface area contributed by atoms with Gasteiger partial charge < -0.3 is 14.4 Å². The monoisotopic (exact) mass is 369 g/mol. The number of nitrogens with zero attached hydrogens (tertiary/aromatic N) is 1. The molecule has 1 atom stereocenters. The van der Waals surface area contributed by atoms with Gasteiger partial charge in [-0.05, 0) is 37.6 Å². The van der Waals surface area contributed by atoms with E-state index in [-0.39, 0.29) is 24.8 Å². The topological polar surface area (TPSA) is 72.9 Å². The summed E-state index contributed by atoms with van der Waals surface area (Å²) in [6.07, 6.45) is 0. The molecule has 6 heteroatoms. The van der Waals surface area contributed by atoms with Crippen LogP contribution in [0.3, 0.4) is 0 Å². The fraction of sp³-hybridized carbons (Fsp3) is 0.286. The number of esters is 2. The molecule has 0 aromatic heterocycles. The first kappa shape index (κ1) is 20.2. The zero-order valence-electron chi connectivity index (χ0n) is 15.7. The summed E-state index contributed by atoms with van der Waals surface area (Å²) in [6, 6.07) is 14.9. The van der Waals surface area contributed by atoms with Gasteiger partial charge >= 0.3 is 11.9 Å². The van der Waals surface area contributed by atoms with Gasteiger partial charge in [0.15, 0.2) is 0 Å². The van der Waals surface area contributed by atoms with Crippen molar-refractivity contribution < 1.29 is 23.9 Å². The lowest BCUT2D eigenvalue weighted by Gasteiger charge is -2.28. The SMILES string of the molecule is CCOC(=O)C(C)N(Cc1ccccc1)C(=O)c1cccc(OC(C)=O)c1. The summed E-state index contributed by atoms with van der Waals surface area (Å²) in [4.78, 5) is 38.0. The normalized spacial score (nSPS) is 11.4. The minimum atomic E-state index is -0.768. The maximum Gasteiger partial charge on any atom is 0.328 e. The van der Waals surface area contributed by atoms with E-state index >= 15 is 0 Å². The molecule has 142 valence electrons. The molecule has 6 nitrogen and oxygen atoms in total. The van der Waals surface area contributed by atoms with Crippen molar-refractivity contribution in [3.8, 4) is 5.75 Å². The molecule has 0 radical (unpaired) electrons. The Morgan fingerprint density at radius 1 is 1.04 bits per heavy atom. The van der Waals surface area contributed by atoms with Crippen molar-refractivity contribution in [3.05, 3.63) is 65.7 Å². The molecule has 27 heavy (non-hydrogen) atoms. The van der Waals surface area contributed by atoms with Gasteiger partial charge in [0.2, 0.25) is 0 Å². The summed E-state index contributed by atoms with van der Waals surface area (Å²) in [5.41, 5.74) is 1.21. The van der Waals surface area contributed by atoms with Crippen molar-refractivity contribution in [1.29, 1.82) is 0 Å². The molecule has 0 saturated carbocycles. The van der Waals surface area contributed by atoms with Gasteiger partial charge in [0.1, 0.15) is 11.8 Å². The molecule has 2 aromatic carbocycles. The minimum Gasteiger partial charge on any atom is -0.464 e. The maximum absolute atomic E-state index is 13.1. The summed E-state index contributed by atoms with van der Waals surface area (Å²) in [5.74, 6) is -1.02. The number of hydrogen-bond acceptors (Lipinski definition) is 5. The average molecular weight is 369 g/mol. The summed E-state index contributed by atoms with van der Waals surface area (Å²) >= 11 is 0. The zero-order valence-corrected chi connectivity index (χ0v) is 15.7. The summed E-state index contributed by atoms with van der Waals surface area (Å²) in [7, 11) is 0. The lowest BCUT2D eigenvalue weighted by Crippen LogP contribution is -2.43. The van der Waals surface area contributed by atoms with E-state index in [9.17, 15) is 14.4 Å². The average Bonchev–Trinajstić information content (AvgIpc) is 2.66. The van der Waals surface area contributed by atoms with E-state index in [4.69, 9.17) is 9.47 Å². The van der Waals surface area contributed by atoms with Gasteiger partial charge in [-0.1, -0.05) is 36.4 Å². The third-order valence-electron chi connectivity index (χ3n) is 3.89. The second-order valence-corrected chi connectivity index (χ2v) is 5.97. The highest BCUT2D eigenvalue weighted by atomic mass is 16.5. The molecule has 0 heterocycles. The molecule has 0 bridgehead atoms. The van der Waals surface area contributed by atoms with Crippen LogP contribution in [0.25, 0.3) is 0 Å². The van der Waals surface area contributed by atoms with Crippen molar-refractivity contribution in [2.24, 2.45) is 0 Å². The minimum absolute atomic E-state index is 0.235. The third-order valence-corrected chi connectivity index (χ3v) is 3.89. The lowest BCUT2D eigenvalue weighted by molar-refractivity contribution is -0.148. The van der Waals surface area contributed by atoms with Gasteiger partial charge in [0.05, 0.1) is 6.61 Å². The summed E-state index contributed by atoms with van der Waals surface area (Å²) in [5, 5.41) is 0. The van der Waals surface area contributed by atoms with Crippen molar-refractivity contribution in [2.45, 2.75) is 33.4 Å². The molecule has 0 aliphatic rings. The van der Waals surface area contributed by atoms with E-state index in [1.165, 1.54) is 17.9 Å². The van der Waals surface area contributed by atoms with Crippen LogP contribution in [0.4, 0.5) is 0 Å². The van der Waals surface area contributed by atoms with E-state index in [1.54, 1.807) is 32.0 Å². The largest absolute Gasteiger partial charge is 0.464 e. The smallest absolute Gasteiger partial charge is 0.328 e. The van der Waals surface area contributed by atoms with Crippen LogP contribution in [0, 0.1) is 0 Å². The third kappa shape index (κ3) is 5.67. The van der Waals surface area contributed by atoms with Gasteiger partial charge in [0.25, 0.3) is 5.91 Å². The number of amides is 1. The molecular weight excluding hydrogens is 346 g/mol. The fourth-order valence-corrected chi connectivity index (χ4v) is 2.58. The summed E-state index contributed by atoms with van der Waals surface area (Å²) in [6.45, 7) is 5.13. The van der Waals surface area contributed by atoms with Crippen LogP contribution in [0.1, 0.15) is 36.7 Å². The molecule has 0 fully saturated rings. The Bertz CT molecular complexity index is 803. The van der Waals surface area contributed by atoms with Crippen LogP contribution in [0.2, 0.25) is 0 Å². The fourth-order valence-electron chi connectivity index (χ4n) is 2.58. The van der Waals surface area contributed by atoms with Gasteiger partial charge in [-0.25, -0.2) is 4.79 Å². The van der Waals surface area contributed by atoms with Crippen LogP contribution in [0.5, 0.6) is 5.75 Å². The number of hydrogen-bond donors (Lipinski definition) is 0. The Morgan fingerprint density at radius 2 is 1.74 bits per heavy atom. The molecule has 2 rings (SSSR count). The van der Waals surface area contributed by atoms with E-state index in [0.29, 0.717) is 5.56 Å². The van der Waals surface area contributed by atoms with Gasteiger partial charge in [-0.3, -0.25) is 9.59 Å². The van der Waals surface area contributed by atoms with E-state index < -0.39 is 18.0 Å². The van der Waals surface area contributed by atoms with Gasteiger partial charge in [0, 0.05) is 19.0 Å². The van der Waals surface area contributed by atoms with Crippen LogP contribution < -0.4 is 4.74 Å². The molecule has 0 aliphatic heterocycles. The highest BCUT2D eigenvalue weighted by Gasteiger charge is 2.28. The second kappa shape index (κ2) is 9.52. The van der Waals surface area contributed by atoms with Crippen molar-refractivity contribution in [2.75, 3.05) is 6.61 Å². The lowest BCUT2D eigenvalue weighted by atomic mass is 10.1. The quantitative estimate of drug-likeness (QED) is 0.553. The first-order valence-electron chi connectivity index (χ1n) is 8.72.